The standard InChI is InChI=1S/C17H11ClFNO3/c18-14-7-11(19)6-5-10(14)8-20-15-4-2-1-3-12(15)13(9-21)16(20)17(22)23/h1-7,9H,8H2,(H,22,23)/p-1. The molecule has 0 aliphatic heterocycles. The van der Waals surface area contributed by atoms with Crippen molar-refractivity contribution in [3.05, 3.63) is 70.1 Å². The molecule has 2 aromatic carbocycles. The van der Waals surface area contributed by atoms with Crippen LogP contribution in [0.3, 0.4) is 0 Å². The van der Waals surface area contributed by atoms with Crippen LogP contribution in [-0.4, -0.2) is 16.8 Å². The minimum Gasteiger partial charge on any atom is -0.543 e. The monoisotopic (exact) mass is 330 g/mol. The Bertz CT molecular complexity index is 933. The number of aromatic carboxylic acids is 1. The molecule has 6 heteroatoms. The minimum atomic E-state index is -1.46. The minimum absolute atomic E-state index is 0.0545. The van der Waals surface area contributed by atoms with Gasteiger partial charge < -0.3 is 14.5 Å². The van der Waals surface area contributed by atoms with Crippen LogP contribution in [0, 0.1) is 5.82 Å². The molecule has 0 unspecified atom stereocenters. The number of hydrogen-bond donors (Lipinski definition) is 0. The number of fused-ring (bicyclic) bond motifs is 1. The van der Waals surface area contributed by atoms with Crippen molar-refractivity contribution < 1.29 is 19.1 Å². The van der Waals surface area contributed by atoms with Crippen molar-refractivity contribution in [2.75, 3.05) is 0 Å². The van der Waals surface area contributed by atoms with Crippen LogP contribution in [0.15, 0.2) is 42.5 Å². The first-order valence-electron chi connectivity index (χ1n) is 6.74. The van der Waals surface area contributed by atoms with E-state index in [9.17, 15) is 19.1 Å². The van der Waals surface area contributed by atoms with Gasteiger partial charge >= 0.3 is 0 Å². The lowest BCUT2D eigenvalue weighted by atomic mass is 10.1. The van der Waals surface area contributed by atoms with Crippen molar-refractivity contribution in [3.63, 3.8) is 0 Å². The number of aldehydes is 1. The molecule has 0 N–H and O–H groups in total. The number of hydrogen-bond acceptors (Lipinski definition) is 3. The summed E-state index contributed by atoms with van der Waals surface area (Å²) < 4.78 is 14.6. The van der Waals surface area contributed by atoms with Crippen LogP contribution in [0.25, 0.3) is 10.9 Å². The summed E-state index contributed by atoms with van der Waals surface area (Å²) in [6, 6.07) is 10.7. The van der Waals surface area contributed by atoms with Crippen LogP contribution in [0.5, 0.6) is 0 Å². The molecular weight excluding hydrogens is 321 g/mol. The summed E-state index contributed by atoms with van der Waals surface area (Å²) in [5.41, 5.74) is 0.934. The second-order valence-corrected chi connectivity index (χ2v) is 5.41. The molecule has 0 atom stereocenters. The molecule has 0 radical (unpaired) electrons. The molecule has 3 rings (SSSR count). The summed E-state index contributed by atoms with van der Waals surface area (Å²) >= 11 is 6.02. The molecule has 0 aliphatic carbocycles. The molecule has 1 aromatic heterocycles. The topological polar surface area (TPSA) is 62.1 Å². The fraction of sp³-hybridized carbons (Fsp3) is 0.0588. The lowest BCUT2D eigenvalue weighted by molar-refractivity contribution is -0.255. The Morgan fingerprint density at radius 2 is 2.00 bits per heavy atom. The van der Waals surface area contributed by atoms with E-state index in [2.05, 4.69) is 0 Å². The highest BCUT2D eigenvalue weighted by Gasteiger charge is 2.18. The summed E-state index contributed by atoms with van der Waals surface area (Å²) in [5, 5.41) is 12.2. The number of carboxylic acids is 1. The predicted molar refractivity (Wildman–Crippen MR) is 82.2 cm³/mol. The van der Waals surface area contributed by atoms with Gasteiger partial charge in [0.15, 0.2) is 6.29 Å². The molecule has 0 bridgehead atoms. The van der Waals surface area contributed by atoms with E-state index >= 15 is 0 Å². The van der Waals surface area contributed by atoms with Gasteiger partial charge in [0, 0.05) is 28.0 Å². The van der Waals surface area contributed by atoms with Crippen LogP contribution in [0.2, 0.25) is 5.02 Å². The van der Waals surface area contributed by atoms with Gasteiger partial charge in [-0.25, -0.2) is 4.39 Å². The third-order valence-electron chi connectivity index (χ3n) is 3.66. The summed E-state index contributed by atoms with van der Waals surface area (Å²) in [6.45, 7) is 0.0801. The van der Waals surface area contributed by atoms with E-state index in [0.29, 0.717) is 22.8 Å². The Morgan fingerprint density at radius 1 is 1.26 bits per heavy atom. The first-order valence-corrected chi connectivity index (χ1v) is 7.12. The van der Waals surface area contributed by atoms with Gasteiger partial charge in [0.05, 0.1) is 11.7 Å². The van der Waals surface area contributed by atoms with Gasteiger partial charge in [-0.2, -0.15) is 0 Å². The predicted octanol–water partition coefficient (Wildman–Crippen LogP) is 2.66. The number of nitrogens with zero attached hydrogens (tertiary/aromatic N) is 1. The van der Waals surface area contributed by atoms with E-state index in [1.807, 2.05) is 0 Å². The van der Waals surface area contributed by atoms with E-state index in [1.54, 1.807) is 24.3 Å². The van der Waals surface area contributed by atoms with Crippen LogP contribution >= 0.6 is 11.6 Å². The molecule has 0 aliphatic rings. The Labute approximate surface area is 135 Å². The lowest BCUT2D eigenvalue weighted by Gasteiger charge is -2.13. The van der Waals surface area contributed by atoms with Gasteiger partial charge in [0.1, 0.15) is 5.82 Å². The average molecular weight is 331 g/mol. The molecule has 4 nitrogen and oxygen atoms in total. The van der Waals surface area contributed by atoms with Crippen LogP contribution in [-0.2, 0) is 6.54 Å². The third kappa shape index (κ3) is 2.59. The Balaban J connectivity index is 2.25. The summed E-state index contributed by atoms with van der Waals surface area (Å²) in [4.78, 5) is 22.9. The van der Waals surface area contributed by atoms with E-state index in [4.69, 9.17) is 11.6 Å². The molecule has 23 heavy (non-hydrogen) atoms. The number of benzene rings is 2. The maximum absolute atomic E-state index is 13.2. The molecule has 1 heterocycles. The van der Waals surface area contributed by atoms with Crippen LogP contribution < -0.4 is 5.11 Å². The van der Waals surface area contributed by atoms with E-state index in [1.165, 1.54) is 16.7 Å². The van der Waals surface area contributed by atoms with Gasteiger partial charge in [0.25, 0.3) is 0 Å². The lowest BCUT2D eigenvalue weighted by Crippen LogP contribution is -2.27. The van der Waals surface area contributed by atoms with Crippen molar-refractivity contribution >= 4 is 34.8 Å². The first-order chi connectivity index (χ1) is 11.0. The normalized spacial score (nSPS) is 10.9. The van der Waals surface area contributed by atoms with E-state index < -0.39 is 11.8 Å². The van der Waals surface area contributed by atoms with Gasteiger partial charge in [0.2, 0.25) is 0 Å². The van der Waals surface area contributed by atoms with Crippen molar-refractivity contribution in [2.45, 2.75) is 6.54 Å². The molecule has 0 saturated heterocycles. The highest BCUT2D eigenvalue weighted by Crippen LogP contribution is 2.27. The molecule has 3 aromatic rings. The zero-order valence-electron chi connectivity index (χ0n) is 11.8. The third-order valence-corrected chi connectivity index (χ3v) is 4.02. The SMILES string of the molecule is O=Cc1c(C(=O)[O-])n(Cc2ccc(F)cc2Cl)c2ccccc12. The summed E-state index contributed by atoms with van der Waals surface area (Å²) in [5.74, 6) is -1.94. The number of rotatable bonds is 4. The molecule has 0 spiro atoms. The van der Waals surface area contributed by atoms with Gasteiger partial charge in [-0.15, -0.1) is 0 Å². The largest absolute Gasteiger partial charge is 0.543 e. The smallest absolute Gasteiger partial charge is 0.152 e. The quantitative estimate of drug-likeness (QED) is 0.691. The average Bonchev–Trinajstić information content (AvgIpc) is 2.84. The summed E-state index contributed by atoms with van der Waals surface area (Å²) in [6.07, 6.45) is 0.496. The van der Waals surface area contributed by atoms with Gasteiger partial charge in [-0.3, -0.25) is 4.79 Å². The maximum atomic E-state index is 13.2. The van der Waals surface area contributed by atoms with Crippen molar-refractivity contribution in [1.29, 1.82) is 0 Å². The molecule has 116 valence electrons. The van der Waals surface area contributed by atoms with Crippen molar-refractivity contribution in [1.82, 2.24) is 4.57 Å². The summed E-state index contributed by atoms with van der Waals surface area (Å²) in [7, 11) is 0. The molecule has 0 saturated carbocycles. The number of halogens is 2. The van der Waals surface area contributed by atoms with E-state index in [0.717, 1.165) is 6.07 Å². The fourth-order valence-electron chi connectivity index (χ4n) is 2.65. The Kier molecular flexibility index (Phi) is 3.88. The molecular formula is C17H10ClFNO3-. The Morgan fingerprint density at radius 3 is 2.65 bits per heavy atom. The highest BCUT2D eigenvalue weighted by atomic mass is 35.5. The first kappa shape index (κ1) is 15.2. The van der Waals surface area contributed by atoms with Crippen LogP contribution in [0.4, 0.5) is 4.39 Å². The highest BCUT2D eigenvalue weighted by molar-refractivity contribution is 6.31. The number of carboxylic acid groups (broad SMARTS) is 1. The van der Waals surface area contributed by atoms with Crippen LogP contribution in [0.1, 0.15) is 26.4 Å². The number of carbonyl (C=O) groups is 2. The molecule has 0 fully saturated rings. The molecule has 0 amide bonds. The van der Waals surface area contributed by atoms with Gasteiger partial charge in [-0.1, -0.05) is 35.9 Å². The zero-order valence-corrected chi connectivity index (χ0v) is 12.5. The maximum Gasteiger partial charge on any atom is 0.152 e. The number of carbonyl (C=O) groups excluding carboxylic acids is 2. The fourth-order valence-corrected chi connectivity index (χ4v) is 2.88. The number of para-hydroxylation sites is 1. The van der Waals surface area contributed by atoms with Crippen molar-refractivity contribution in [2.24, 2.45) is 0 Å². The van der Waals surface area contributed by atoms with Gasteiger partial charge in [-0.05, 0) is 23.8 Å². The second kappa shape index (κ2) is 5.85. The van der Waals surface area contributed by atoms with Crippen molar-refractivity contribution in [3.8, 4) is 0 Å². The zero-order chi connectivity index (χ0) is 16.6. The second-order valence-electron chi connectivity index (χ2n) is 5.01. The number of aromatic nitrogens is 1. The Hall–Kier alpha value is -2.66. The van der Waals surface area contributed by atoms with E-state index in [-0.39, 0.29) is 22.8 Å².